The minimum Gasteiger partial charge on any atom is -0.496 e. The van der Waals surface area contributed by atoms with Crippen molar-refractivity contribution in [1.82, 2.24) is 10.2 Å². The lowest BCUT2D eigenvalue weighted by Crippen LogP contribution is -2.42. The van der Waals surface area contributed by atoms with Crippen LogP contribution in [0.5, 0.6) is 11.5 Å². The lowest BCUT2D eigenvalue weighted by atomic mass is 9.97. The number of hydrogen-bond acceptors (Lipinski definition) is 5. The number of nitrogens with zero attached hydrogens (tertiary/aromatic N) is 1. The van der Waals surface area contributed by atoms with E-state index >= 15 is 0 Å². The molecule has 3 aromatic rings. The number of carboxylic acid groups (broad SMARTS) is 1. The van der Waals surface area contributed by atoms with Crippen molar-refractivity contribution in [3.63, 3.8) is 0 Å². The van der Waals surface area contributed by atoms with Crippen molar-refractivity contribution in [2.24, 2.45) is 0 Å². The molecule has 0 fully saturated rings. The summed E-state index contributed by atoms with van der Waals surface area (Å²) in [6.45, 7) is 0. The summed E-state index contributed by atoms with van der Waals surface area (Å²) < 4.78 is 11.1. The lowest BCUT2D eigenvalue weighted by molar-refractivity contribution is -0.139. The van der Waals surface area contributed by atoms with Gasteiger partial charge in [-0.15, -0.1) is 0 Å². The van der Waals surface area contributed by atoms with Crippen molar-refractivity contribution in [3.8, 4) is 22.6 Å². The largest absolute Gasteiger partial charge is 0.496 e. The van der Waals surface area contributed by atoms with Gasteiger partial charge in [0.05, 0.1) is 35.4 Å². The average molecular weight is 545 g/mol. The Labute approximate surface area is 224 Å². The fraction of sp³-hybridized carbons (Fsp3) is 0.222. The highest BCUT2D eigenvalue weighted by Crippen LogP contribution is 2.40. The van der Waals surface area contributed by atoms with Gasteiger partial charge in [-0.05, 0) is 35.4 Å². The van der Waals surface area contributed by atoms with Gasteiger partial charge in [0.25, 0.3) is 11.8 Å². The minimum atomic E-state index is -1.22. The molecule has 194 valence electrons. The van der Waals surface area contributed by atoms with Gasteiger partial charge in [0.2, 0.25) is 0 Å². The molecule has 0 heterocycles. The zero-order valence-corrected chi connectivity index (χ0v) is 22.2. The third-order valence-electron chi connectivity index (χ3n) is 5.63. The second-order valence-corrected chi connectivity index (χ2v) is 9.13. The van der Waals surface area contributed by atoms with Crippen LogP contribution in [0.3, 0.4) is 0 Å². The molecular weight excluding hydrogens is 519 g/mol. The Kier molecular flexibility index (Phi) is 9.02. The van der Waals surface area contributed by atoms with Crippen LogP contribution >= 0.6 is 23.2 Å². The van der Waals surface area contributed by atoms with Crippen LogP contribution in [0.15, 0.2) is 54.6 Å². The number of benzene rings is 3. The molecule has 37 heavy (non-hydrogen) atoms. The Bertz CT molecular complexity index is 1280. The minimum absolute atomic E-state index is 0.0165. The van der Waals surface area contributed by atoms with E-state index in [1.807, 2.05) is 0 Å². The number of carboxylic acids is 1. The molecule has 0 saturated heterocycles. The van der Waals surface area contributed by atoms with Gasteiger partial charge in [-0.2, -0.15) is 0 Å². The van der Waals surface area contributed by atoms with Crippen LogP contribution in [-0.2, 0) is 11.2 Å². The first-order valence-electron chi connectivity index (χ1n) is 11.1. The molecule has 0 spiro atoms. The monoisotopic (exact) mass is 544 g/mol. The molecule has 3 rings (SSSR count). The molecule has 2 N–H and O–H groups in total. The molecule has 0 aliphatic rings. The van der Waals surface area contributed by atoms with Crippen molar-refractivity contribution < 1.29 is 29.0 Å². The number of carbonyl (C=O) groups excluding carboxylic acids is 2. The Balaban J connectivity index is 1.87. The summed E-state index contributed by atoms with van der Waals surface area (Å²) in [7, 11) is 6.32. The molecular formula is C27H26Cl2N2O6. The van der Waals surface area contributed by atoms with Gasteiger partial charge >= 0.3 is 5.97 Å². The number of nitrogens with one attached hydrogen (secondary N) is 1. The molecule has 0 saturated carbocycles. The average Bonchev–Trinajstić information content (AvgIpc) is 2.87. The van der Waals surface area contributed by atoms with Crippen molar-refractivity contribution in [1.29, 1.82) is 0 Å². The Morgan fingerprint density at radius 3 is 1.95 bits per heavy atom. The quantitative estimate of drug-likeness (QED) is 0.400. The Hall–Kier alpha value is -3.75. The van der Waals surface area contributed by atoms with Gasteiger partial charge in [0, 0.05) is 26.1 Å². The van der Waals surface area contributed by atoms with Gasteiger partial charge in [0.1, 0.15) is 17.5 Å². The van der Waals surface area contributed by atoms with Crippen molar-refractivity contribution >= 4 is 41.0 Å². The summed E-state index contributed by atoms with van der Waals surface area (Å²) in [5.41, 5.74) is 2.47. The van der Waals surface area contributed by atoms with Crippen LogP contribution in [0.4, 0.5) is 0 Å². The summed E-state index contributed by atoms with van der Waals surface area (Å²) in [4.78, 5) is 38.5. The van der Waals surface area contributed by atoms with Crippen LogP contribution in [-0.4, -0.2) is 62.1 Å². The van der Waals surface area contributed by atoms with E-state index in [2.05, 4.69) is 5.32 Å². The Morgan fingerprint density at radius 1 is 0.946 bits per heavy atom. The second-order valence-electron chi connectivity index (χ2n) is 8.32. The van der Waals surface area contributed by atoms with Gasteiger partial charge < -0.3 is 24.8 Å². The van der Waals surface area contributed by atoms with Crippen molar-refractivity contribution in [2.75, 3.05) is 28.3 Å². The molecule has 0 aliphatic heterocycles. The van der Waals surface area contributed by atoms with Gasteiger partial charge in [-0.1, -0.05) is 53.5 Å². The highest BCUT2D eigenvalue weighted by molar-refractivity contribution is 6.39. The zero-order chi connectivity index (χ0) is 27.3. The van der Waals surface area contributed by atoms with E-state index in [0.717, 1.165) is 5.56 Å². The summed E-state index contributed by atoms with van der Waals surface area (Å²) in [5.74, 6) is -1.18. The predicted octanol–water partition coefficient (Wildman–Crippen LogP) is 4.81. The topological polar surface area (TPSA) is 105 Å². The molecule has 2 amide bonds. The maximum absolute atomic E-state index is 12.7. The van der Waals surface area contributed by atoms with Crippen LogP contribution in [0.2, 0.25) is 10.0 Å². The van der Waals surface area contributed by atoms with Crippen LogP contribution in [0.1, 0.15) is 26.3 Å². The number of hydrogen-bond donors (Lipinski definition) is 2. The molecule has 10 heteroatoms. The van der Waals surface area contributed by atoms with E-state index < -0.39 is 17.9 Å². The molecule has 0 bridgehead atoms. The first kappa shape index (κ1) is 27.8. The summed E-state index contributed by atoms with van der Waals surface area (Å²) in [5, 5.41) is 12.4. The molecule has 0 aromatic heterocycles. The first-order valence-corrected chi connectivity index (χ1v) is 11.9. The fourth-order valence-electron chi connectivity index (χ4n) is 3.77. The van der Waals surface area contributed by atoms with E-state index in [1.165, 1.54) is 31.3 Å². The zero-order valence-electron chi connectivity index (χ0n) is 20.7. The summed E-state index contributed by atoms with van der Waals surface area (Å²) in [6.07, 6.45) is 0.0218. The fourth-order valence-corrected chi connectivity index (χ4v) is 4.34. The van der Waals surface area contributed by atoms with E-state index in [4.69, 9.17) is 32.7 Å². The molecule has 0 aliphatic carbocycles. The maximum Gasteiger partial charge on any atom is 0.326 e. The molecule has 3 aromatic carbocycles. The predicted molar refractivity (Wildman–Crippen MR) is 142 cm³/mol. The molecule has 1 atom stereocenters. The van der Waals surface area contributed by atoms with Crippen LogP contribution in [0, 0.1) is 0 Å². The third-order valence-corrected chi connectivity index (χ3v) is 6.26. The number of rotatable bonds is 9. The standard InChI is InChI=1S/C27H26Cl2N2O6/c1-31(2)26(33)17-13-21(36-3)23(22(14-17)37-4)16-10-8-15(9-11-16)12-20(27(34)35)30-25(32)24-18(28)6-5-7-19(24)29/h5-11,13-14,20H,12H2,1-4H3,(H,30,32)(H,34,35)/t20-/m0/s1. The van der Waals surface area contributed by atoms with Gasteiger partial charge in [-0.25, -0.2) is 4.79 Å². The van der Waals surface area contributed by atoms with Crippen molar-refractivity contribution in [2.45, 2.75) is 12.5 Å². The lowest BCUT2D eigenvalue weighted by Gasteiger charge is -2.18. The summed E-state index contributed by atoms with van der Waals surface area (Å²) >= 11 is 12.2. The normalized spacial score (nSPS) is 11.4. The number of amides is 2. The highest BCUT2D eigenvalue weighted by Gasteiger charge is 2.24. The summed E-state index contributed by atoms with van der Waals surface area (Å²) in [6, 6.07) is 13.7. The number of ether oxygens (including phenoxy) is 2. The van der Waals surface area contributed by atoms with Gasteiger partial charge in [-0.3, -0.25) is 9.59 Å². The van der Waals surface area contributed by atoms with Crippen LogP contribution in [0.25, 0.3) is 11.1 Å². The SMILES string of the molecule is COc1cc(C(=O)N(C)C)cc(OC)c1-c1ccc(C[C@H](NC(=O)c2c(Cl)cccc2Cl)C(=O)O)cc1. The molecule has 0 unspecified atom stereocenters. The number of aliphatic carboxylic acids is 1. The second kappa shape index (κ2) is 12.0. The maximum atomic E-state index is 12.7. The van der Waals surface area contributed by atoms with E-state index in [-0.39, 0.29) is 27.9 Å². The first-order chi connectivity index (χ1) is 17.6. The number of halogens is 2. The van der Waals surface area contributed by atoms with E-state index in [9.17, 15) is 19.5 Å². The van der Waals surface area contributed by atoms with E-state index in [0.29, 0.717) is 28.2 Å². The molecule has 0 radical (unpaired) electrons. The number of methoxy groups -OCH3 is 2. The van der Waals surface area contributed by atoms with Gasteiger partial charge in [0.15, 0.2) is 0 Å². The smallest absolute Gasteiger partial charge is 0.326 e. The van der Waals surface area contributed by atoms with Crippen LogP contribution < -0.4 is 14.8 Å². The van der Waals surface area contributed by atoms with E-state index in [1.54, 1.807) is 56.6 Å². The highest BCUT2D eigenvalue weighted by atomic mass is 35.5. The van der Waals surface area contributed by atoms with Crippen molar-refractivity contribution in [3.05, 3.63) is 81.3 Å². The third kappa shape index (κ3) is 6.34. The number of carbonyl (C=O) groups is 3. The Morgan fingerprint density at radius 2 is 1.49 bits per heavy atom. The molecule has 8 nitrogen and oxygen atoms in total.